The van der Waals surface area contributed by atoms with Crippen LogP contribution in [-0.2, 0) is 6.54 Å². The van der Waals surface area contributed by atoms with Crippen LogP contribution in [0.5, 0.6) is 17.2 Å². The maximum atomic E-state index is 5.72. The number of hydrogen-bond acceptors (Lipinski definition) is 4. The molecular formula is C17H21NO3. The van der Waals surface area contributed by atoms with Gasteiger partial charge in [-0.25, -0.2) is 0 Å². The standard InChI is InChI=1S/C17H21NO3/c1-2-19-17-12-14(13-18)8-9-16(17)21-11-10-20-15-6-4-3-5-7-15/h3-9,12H,2,10-11,13,18H2,1H3. The molecule has 0 saturated carbocycles. The molecule has 2 aromatic rings. The molecule has 0 spiro atoms. The molecule has 2 aromatic carbocycles. The fourth-order valence-electron chi connectivity index (χ4n) is 1.89. The molecule has 2 N–H and O–H groups in total. The Morgan fingerprint density at radius 3 is 2.33 bits per heavy atom. The first-order valence-corrected chi connectivity index (χ1v) is 7.10. The summed E-state index contributed by atoms with van der Waals surface area (Å²) in [4.78, 5) is 0. The van der Waals surface area contributed by atoms with Gasteiger partial charge in [-0.05, 0) is 36.8 Å². The Hall–Kier alpha value is -2.20. The van der Waals surface area contributed by atoms with E-state index in [4.69, 9.17) is 19.9 Å². The van der Waals surface area contributed by atoms with Gasteiger partial charge in [-0.1, -0.05) is 24.3 Å². The lowest BCUT2D eigenvalue weighted by atomic mass is 10.2. The number of nitrogens with two attached hydrogens (primary N) is 1. The molecule has 0 aliphatic heterocycles. The lowest BCUT2D eigenvalue weighted by Gasteiger charge is -2.13. The summed E-state index contributed by atoms with van der Waals surface area (Å²) in [5.74, 6) is 2.27. The van der Waals surface area contributed by atoms with Gasteiger partial charge in [0.25, 0.3) is 0 Å². The minimum Gasteiger partial charge on any atom is -0.490 e. The van der Waals surface area contributed by atoms with Crippen LogP contribution in [0, 0.1) is 0 Å². The van der Waals surface area contributed by atoms with E-state index in [1.165, 1.54) is 0 Å². The van der Waals surface area contributed by atoms with Gasteiger partial charge in [-0.2, -0.15) is 0 Å². The average molecular weight is 287 g/mol. The topological polar surface area (TPSA) is 53.7 Å². The summed E-state index contributed by atoms with van der Waals surface area (Å²) in [6, 6.07) is 15.4. The summed E-state index contributed by atoms with van der Waals surface area (Å²) < 4.78 is 16.9. The average Bonchev–Trinajstić information content (AvgIpc) is 2.54. The Morgan fingerprint density at radius 1 is 0.857 bits per heavy atom. The Balaban J connectivity index is 1.87. The predicted molar refractivity (Wildman–Crippen MR) is 82.9 cm³/mol. The zero-order valence-corrected chi connectivity index (χ0v) is 12.2. The van der Waals surface area contributed by atoms with Crippen molar-refractivity contribution in [1.29, 1.82) is 0 Å². The van der Waals surface area contributed by atoms with Gasteiger partial charge in [-0.3, -0.25) is 0 Å². The van der Waals surface area contributed by atoms with E-state index in [9.17, 15) is 0 Å². The molecule has 0 atom stereocenters. The first kappa shape index (κ1) is 15.2. The molecule has 21 heavy (non-hydrogen) atoms. The van der Waals surface area contributed by atoms with Crippen LogP contribution in [0.4, 0.5) is 0 Å². The minimum atomic E-state index is 0.455. The normalized spacial score (nSPS) is 10.2. The molecule has 0 aliphatic rings. The molecule has 0 radical (unpaired) electrons. The van der Waals surface area contributed by atoms with E-state index in [-0.39, 0.29) is 0 Å². The van der Waals surface area contributed by atoms with Gasteiger partial charge in [0.2, 0.25) is 0 Å². The van der Waals surface area contributed by atoms with Crippen LogP contribution < -0.4 is 19.9 Å². The van der Waals surface area contributed by atoms with Crippen molar-refractivity contribution in [3.05, 3.63) is 54.1 Å². The van der Waals surface area contributed by atoms with Crippen molar-refractivity contribution in [3.8, 4) is 17.2 Å². The highest BCUT2D eigenvalue weighted by molar-refractivity contribution is 5.43. The van der Waals surface area contributed by atoms with Gasteiger partial charge < -0.3 is 19.9 Å². The lowest BCUT2D eigenvalue weighted by Crippen LogP contribution is -2.10. The molecule has 4 nitrogen and oxygen atoms in total. The number of para-hydroxylation sites is 1. The number of hydrogen-bond donors (Lipinski definition) is 1. The van der Waals surface area contributed by atoms with E-state index >= 15 is 0 Å². The Morgan fingerprint density at radius 2 is 1.62 bits per heavy atom. The third kappa shape index (κ3) is 4.68. The maximum absolute atomic E-state index is 5.72. The highest BCUT2D eigenvalue weighted by Gasteiger charge is 2.06. The molecule has 0 fully saturated rings. The fourth-order valence-corrected chi connectivity index (χ4v) is 1.89. The second kappa shape index (κ2) is 8.17. The van der Waals surface area contributed by atoms with Gasteiger partial charge in [-0.15, -0.1) is 0 Å². The largest absolute Gasteiger partial charge is 0.490 e. The molecule has 0 heterocycles. The summed E-state index contributed by atoms with van der Waals surface area (Å²) in [7, 11) is 0. The quantitative estimate of drug-likeness (QED) is 0.758. The van der Waals surface area contributed by atoms with E-state index < -0.39 is 0 Å². The van der Waals surface area contributed by atoms with Gasteiger partial charge >= 0.3 is 0 Å². The van der Waals surface area contributed by atoms with E-state index in [0.717, 1.165) is 17.1 Å². The second-order valence-electron chi connectivity index (χ2n) is 4.43. The van der Waals surface area contributed by atoms with E-state index in [2.05, 4.69) is 0 Å². The van der Waals surface area contributed by atoms with Crippen LogP contribution in [0.15, 0.2) is 48.5 Å². The van der Waals surface area contributed by atoms with Crippen LogP contribution in [0.25, 0.3) is 0 Å². The van der Waals surface area contributed by atoms with Crippen molar-refractivity contribution in [2.24, 2.45) is 5.73 Å². The van der Waals surface area contributed by atoms with Crippen molar-refractivity contribution < 1.29 is 14.2 Å². The van der Waals surface area contributed by atoms with E-state index in [1.54, 1.807) is 0 Å². The lowest BCUT2D eigenvalue weighted by molar-refractivity contribution is 0.208. The monoisotopic (exact) mass is 287 g/mol. The summed E-state index contributed by atoms with van der Waals surface area (Å²) in [6.07, 6.45) is 0. The summed E-state index contributed by atoms with van der Waals surface area (Å²) in [5, 5.41) is 0. The van der Waals surface area contributed by atoms with Gasteiger partial charge in [0, 0.05) is 6.54 Å². The first-order valence-electron chi connectivity index (χ1n) is 7.10. The van der Waals surface area contributed by atoms with Gasteiger partial charge in [0.15, 0.2) is 11.5 Å². The van der Waals surface area contributed by atoms with Crippen LogP contribution in [0.1, 0.15) is 12.5 Å². The molecule has 0 unspecified atom stereocenters. The van der Waals surface area contributed by atoms with Crippen LogP contribution in [0.2, 0.25) is 0 Å². The SMILES string of the molecule is CCOc1cc(CN)ccc1OCCOc1ccccc1. The Kier molecular flexibility index (Phi) is 5.91. The predicted octanol–water partition coefficient (Wildman–Crippen LogP) is 3.00. The molecule has 0 saturated heterocycles. The van der Waals surface area contributed by atoms with Crippen molar-refractivity contribution in [2.45, 2.75) is 13.5 Å². The first-order chi connectivity index (χ1) is 10.3. The highest BCUT2D eigenvalue weighted by atomic mass is 16.5. The van der Waals surface area contributed by atoms with Crippen molar-refractivity contribution >= 4 is 0 Å². The van der Waals surface area contributed by atoms with E-state index in [0.29, 0.717) is 32.1 Å². The molecule has 112 valence electrons. The number of ether oxygens (including phenoxy) is 3. The minimum absolute atomic E-state index is 0.455. The van der Waals surface area contributed by atoms with E-state index in [1.807, 2.05) is 55.5 Å². The zero-order valence-electron chi connectivity index (χ0n) is 12.2. The van der Waals surface area contributed by atoms with Crippen molar-refractivity contribution in [2.75, 3.05) is 19.8 Å². The van der Waals surface area contributed by atoms with Crippen LogP contribution in [-0.4, -0.2) is 19.8 Å². The Labute approximate surface area is 125 Å². The summed E-state index contributed by atoms with van der Waals surface area (Å²) in [6.45, 7) is 3.95. The van der Waals surface area contributed by atoms with Crippen molar-refractivity contribution in [3.63, 3.8) is 0 Å². The molecule has 0 aromatic heterocycles. The third-order valence-electron chi connectivity index (χ3n) is 2.90. The maximum Gasteiger partial charge on any atom is 0.161 e. The van der Waals surface area contributed by atoms with Gasteiger partial charge in [0.05, 0.1) is 6.61 Å². The molecular weight excluding hydrogens is 266 g/mol. The zero-order chi connectivity index (χ0) is 14.9. The third-order valence-corrected chi connectivity index (χ3v) is 2.90. The molecule has 2 rings (SSSR count). The smallest absolute Gasteiger partial charge is 0.161 e. The van der Waals surface area contributed by atoms with Crippen LogP contribution in [0.3, 0.4) is 0 Å². The highest BCUT2D eigenvalue weighted by Crippen LogP contribution is 2.28. The molecule has 0 aliphatic carbocycles. The molecule has 0 amide bonds. The van der Waals surface area contributed by atoms with Gasteiger partial charge in [0.1, 0.15) is 19.0 Å². The van der Waals surface area contributed by atoms with Crippen LogP contribution >= 0.6 is 0 Å². The molecule has 4 heteroatoms. The number of rotatable bonds is 8. The fraction of sp³-hybridized carbons (Fsp3) is 0.294. The second-order valence-corrected chi connectivity index (χ2v) is 4.43. The number of benzene rings is 2. The summed E-state index contributed by atoms with van der Waals surface area (Å²) >= 11 is 0. The molecule has 0 bridgehead atoms. The summed E-state index contributed by atoms with van der Waals surface area (Å²) in [5.41, 5.74) is 6.65. The van der Waals surface area contributed by atoms with Crippen molar-refractivity contribution in [1.82, 2.24) is 0 Å². The Bertz CT molecular complexity index is 543.